The zero-order valence-corrected chi connectivity index (χ0v) is 12.8. The Kier molecular flexibility index (Phi) is 5.24. The van der Waals surface area contributed by atoms with Crippen LogP contribution in [-0.4, -0.2) is 49.3 Å². The largest absolute Gasteiger partial charge is 0.483 e. The zero-order chi connectivity index (χ0) is 16.9. The van der Waals surface area contributed by atoms with Gasteiger partial charge in [0.1, 0.15) is 5.60 Å². The van der Waals surface area contributed by atoms with Gasteiger partial charge in [0.2, 0.25) is 5.91 Å². The Bertz CT molecular complexity index is 581. The van der Waals surface area contributed by atoms with Crippen LogP contribution in [-0.2, 0) is 25.7 Å². The number of esters is 1. The summed E-state index contributed by atoms with van der Waals surface area (Å²) in [5.74, 6) is -0.832. The maximum Gasteiger partial charge on any atom is 0.307 e. The minimum absolute atomic E-state index is 0.133. The van der Waals surface area contributed by atoms with Crippen molar-refractivity contribution in [2.24, 2.45) is 5.92 Å². The highest BCUT2D eigenvalue weighted by molar-refractivity contribution is 5.95. The van der Waals surface area contributed by atoms with E-state index < -0.39 is 11.5 Å². The van der Waals surface area contributed by atoms with E-state index >= 15 is 0 Å². The van der Waals surface area contributed by atoms with Gasteiger partial charge in [-0.2, -0.15) is 4.80 Å². The van der Waals surface area contributed by atoms with Crippen LogP contribution in [0.4, 0.5) is 5.95 Å². The van der Waals surface area contributed by atoms with E-state index in [4.69, 9.17) is 14.6 Å². The van der Waals surface area contributed by atoms with Gasteiger partial charge < -0.3 is 9.84 Å². The number of nitrogens with one attached hydrogen (secondary N) is 1. The summed E-state index contributed by atoms with van der Waals surface area (Å²) in [6.45, 7) is 2.21. The standard InChI is InChI=1S/C12H17N5O3.CH2O2/c1-2-17-15-11(14-16-17)13-10(19)8-7-9(18)20-12(8)5-3-4-6-12;2-1-3/h8H,2-7H2,1H3,(H,13,15,19);1H,(H,2,3). The average molecular weight is 325 g/mol. The number of amides is 1. The SMILES string of the molecule is CCn1nnc(NC(=O)C2CC(=O)OC23CCCC3)n1.O=CO. The molecule has 1 aliphatic heterocycles. The fourth-order valence-corrected chi connectivity index (χ4v) is 3.07. The van der Waals surface area contributed by atoms with Crippen LogP contribution >= 0.6 is 0 Å². The van der Waals surface area contributed by atoms with E-state index in [1.165, 1.54) is 4.80 Å². The van der Waals surface area contributed by atoms with Crippen molar-refractivity contribution in [2.45, 2.75) is 51.2 Å². The second kappa shape index (κ2) is 7.16. The minimum Gasteiger partial charge on any atom is -0.483 e. The predicted octanol–water partition coefficient (Wildman–Crippen LogP) is 0.208. The van der Waals surface area contributed by atoms with Crippen LogP contribution in [0.1, 0.15) is 39.0 Å². The van der Waals surface area contributed by atoms with Gasteiger partial charge in [0.05, 0.1) is 18.9 Å². The normalized spacial score (nSPS) is 21.4. The molecule has 10 nitrogen and oxygen atoms in total. The summed E-state index contributed by atoms with van der Waals surface area (Å²) in [6.07, 6.45) is 3.62. The molecule has 3 rings (SSSR count). The van der Waals surface area contributed by atoms with E-state index in [0.717, 1.165) is 25.7 Å². The minimum atomic E-state index is -0.609. The topological polar surface area (TPSA) is 136 Å². The Balaban J connectivity index is 0.000000595. The number of rotatable bonds is 3. The van der Waals surface area contributed by atoms with Crippen molar-refractivity contribution in [3.8, 4) is 0 Å². The molecule has 10 heteroatoms. The monoisotopic (exact) mass is 325 g/mol. The predicted molar refractivity (Wildman–Crippen MR) is 76.2 cm³/mol. The Morgan fingerprint density at radius 1 is 1.52 bits per heavy atom. The Hall–Kier alpha value is -2.52. The van der Waals surface area contributed by atoms with Crippen LogP contribution in [0.2, 0.25) is 0 Å². The lowest BCUT2D eigenvalue weighted by Gasteiger charge is -2.27. The maximum atomic E-state index is 12.4. The van der Waals surface area contributed by atoms with Gasteiger partial charge in [0, 0.05) is 0 Å². The van der Waals surface area contributed by atoms with Crippen molar-refractivity contribution in [1.82, 2.24) is 20.2 Å². The van der Waals surface area contributed by atoms with Crippen LogP contribution < -0.4 is 5.32 Å². The molecule has 23 heavy (non-hydrogen) atoms. The molecule has 1 saturated carbocycles. The number of tetrazole rings is 1. The second-order valence-electron chi connectivity index (χ2n) is 5.40. The first-order chi connectivity index (χ1) is 11.0. The third kappa shape index (κ3) is 3.63. The molecule has 1 spiro atoms. The van der Waals surface area contributed by atoms with Crippen molar-refractivity contribution in [2.75, 3.05) is 5.32 Å². The first kappa shape index (κ1) is 16.8. The number of carbonyl (C=O) groups is 3. The third-order valence-corrected chi connectivity index (χ3v) is 4.06. The molecule has 1 amide bonds. The van der Waals surface area contributed by atoms with Crippen molar-refractivity contribution < 1.29 is 24.2 Å². The highest BCUT2D eigenvalue weighted by Crippen LogP contribution is 2.45. The molecule has 0 radical (unpaired) electrons. The van der Waals surface area contributed by atoms with E-state index in [1.54, 1.807) is 0 Å². The number of aromatic nitrogens is 4. The smallest absolute Gasteiger partial charge is 0.307 e. The molecule has 1 saturated heterocycles. The average Bonchev–Trinajstić information content (AvgIpc) is 3.22. The lowest BCUT2D eigenvalue weighted by Crippen LogP contribution is -2.39. The first-order valence-corrected chi connectivity index (χ1v) is 7.43. The third-order valence-electron chi connectivity index (χ3n) is 4.06. The van der Waals surface area contributed by atoms with Gasteiger partial charge in [-0.25, -0.2) is 0 Å². The van der Waals surface area contributed by atoms with Crippen LogP contribution in [0.15, 0.2) is 0 Å². The number of carboxylic acid groups (broad SMARTS) is 1. The van der Waals surface area contributed by atoms with Crippen LogP contribution in [0.3, 0.4) is 0 Å². The van der Waals surface area contributed by atoms with Gasteiger partial charge in [0.15, 0.2) is 0 Å². The van der Waals surface area contributed by atoms with E-state index in [9.17, 15) is 9.59 Å². The molecule has 1 aromatic heterocycles. The summed E-state index contributed by atoms with van der Waals surface area (Å²) < 4.78 is 5.45. The number of ether oxygens (including phenoxy) is 1. The van der Waals surface area contributed by atoms with E-state index in [0.29, 0.717) is 6.54 Å². The van der Waals surface area contributed by atoms with Gasteiger partial charge >= 0.3 is 5.97 Å². The number of hydrogen-bond donors (Lipinski definition) is 2. The van der Waals surface area contributed by atoms with Gasteiger partial charge in [-0.1, -0.05) is 5.10 Å². The van der Waals surface area contributed by atoms with Gasteiger partial charge in [-0.15, -0.1) is 5.10 Å². The fourth-order valence-electron chi connectivity index (χ4n) is 3.07. The van der Waals surface area contributed by atoms with Crippen molar-refractivity contribution in [3.05, 3.63) is 0 Å². The lowest BCUT2D eigenvalue weighted by molar-refractivity contribution is -0.149. The summed E-state index contributed by atoms with van der Waals surface area (Å²) in [7, 11) is 0. The highest BCUT2D eigenvalue weighted by Gasteiger charge is 2.54. The quantitative estimate of drug-likeness (QED) is 0.594. The Morgan fingerprint density at radius 2 is 2.17 bits per heavy atom. The molecule has 1 unspecified atom stereocenters. The summed E-state index contributed by atoms with van der Waals surface area (Å²) in [6, 6.07) is 0. The molecule has 1 aromatic rings. The molecular formula is C13H19N5O5. The molecule has 126 valence electrons. The van der Waals surface area contributed by atoms with Crippen molar-refractivity contribution in [3.63, 3.8) is 0 Å². The number of hydrogen-bond acceptors (Lipinski definition) is 7. The number of aryl methyl sites for hydroxylation is 1. The number of anilines is 1. The van der Waals surface area contributed by atoms with E-state index in [1.807, 2.05) is 6.92 Å². The molecule has 2 aliphatic rings. The molecule has 2 N–H and O–H groups in total. The summed E-state index contributed by atoms with van der Waals surface area (Å²) >= 11 is 0. The molecule has 0 aromatic carbocycles. The number of nitrogens with zero attached hydrogens (tertiary/aromatic N) is 4. The summed E-state index contributed by atoms with van der Waals surface area (Å²) in [5, 5.41) is 21.1. The van der Waals surface area contributed by atoms with Gasteiger partial charge in [-0.3, -0.25) is 19.7 Å². The Labute approximate surface area is 132 Å². The molecule has 0 bridgehead atoms. The molecule has 2 heterocycles. The number of carbonyl (C=O) groups excluding carboxylic acids is 2. The van der Waals surface area contributed by atoms with Crippen LogP contribution in [0.5, 0.6) is 0 Å². The summed E-state index contributed by atoms with van der Waals surface area (Å²) in [5.41, 5.74) is -0.609. The van der Waals surface area contributed by atoms with Crippen molar-refractivity contribution >= 4 is 24.3 Å². The molecule has 2 fully saturated rings. The van der Waals surface area contributed by atoms with Gasteiger partial charge in [-0.05, 0) is 37.8 Å². The van der Waals surface area contributed by atoms with E-state index in [-0.39, 0.29) is 30.7 Å². The van der Waals surface area contributed by atoms with Crippen LogP contribution in [0, 0.1) is 5.92 Å². The second-order valence-corrected chi connectivity index (χ2v) is 5.40. The Morgan fingerprint density at radius 3 is 2.74 bits per heavy atom. The van der Waals surface area contributed by atoms with Crippen molar-refractivity contribution in [1.29, 1.82) is 0 Å². The summed E-state index contributed by atoms with van der Waals surface area (Å²) in [4.78, 5) is 33.7. The van der Waals surface area contributed by atoms with Crippen LogP contribution in [0.25, 0.3) is 0 Å². The molecule has 1 aliphatic carbocycles. The first-order valence-electron chi connectivity index (χ1n) is 7.43. The molecular weight excluding hydrogens is 306 g/mol. The van der Waals surface area contributed by atoms with E-state index in [2.05, 4.69) is 20.7 Å². The molecule has 1 atom stereocenters. The lowest BCUT2D eigenvalue weighted by atomic mass is 9.85. The highest BCUT2D eigenvalue weighted by atomic mass is 16.6. The zero-order valence-electron chi connectivity index (χ0n) is 12.8. The maximum absolute atomic E-state index is 12.4. The fraction of sp³-hybridized carbons (Fsp3) is 0.692. The van der Waals surface area contributed by atoms with Gasteiger partial charge in [0.25, 0.3) is 12.4 Å².